The number of rotatable bonds is 6. The Hall–Kier alpha value is -1.68. The number of hydrogen-bond acceptors (Lipinski definition) is 3. The Morgan fingerprint density at radius 2 is 1.72 bits per heavy atom. The quantitative estimate of drug-likeness (QED) is 0.439. The van der Waals surface area contributed by atoms with Crippen LogP contribution in [0.15, 0.2) is 30.0 Å². The first-order valence-electron chi connectivity index (χ1n) is 8.19. The average Bonchev–Trinajstić information content (AvgIpc) is 2.76. The molecule has 1 heterocycles. The molecule has 3 nitrogen and oxygen atoms in total. The third kappa shape index (κ3) is 4.49. The van der Waals surface area contributed by atoms with E-state index in [2.05, 4.69) is 5.92 Å². The van der Waals surface area contributed by atoms with Gasteiger partial charge in [-0.05, 0) is 57.4 Å². The maximum atomic E-state index is 15.2. The highest BCUT2D eigenvalue weighted by atomic mass is 19.1. The molecule has 2 rings (SSSR count). The van der Waals surface area contributed by atoms with Gasteiger partial charge < -0.3 is 14.0 Å². The van der Waals surface area contributed by atoms with Crippen molar-refractivity contribution in [3.8, 4) is 12.3 Å². The lowest BCUT2D eigenvalue weighted by Crippen LogP contribution is -2.41. The van der Waals surface area contributed by atoms with E-state index in [1.165, 1.54) is 24.3 Å². The van der Waals surface area contributed by atoms with E-state index in [4.69, 9.17) is 20.5 Å². The number of terminal acetylenes is 1. The van der Waals surface area contributed by atoms with E-state index in [-0.39, 0.29) is 25.5 Å². The van der Waals surface area contributed by atoms with Gasteiger partial charge in [0.15, 0.2) is 0 Å². The molecule has 1 aliphatic heterocycles. The minimum atomic E-state index is -1.11. The summed E-state index contributed by atoms with van der Waals surface area (Å²) in [5.74, 6) is 1.98. The summed E-state index contributed by atoms with van der Waals surface area (Å²) in [6, 6.07) is 5.62. The molecule has 0 spiro atoms. The van der Waals surface area contributed by atoms with Crippen LogP contribution in [0.3, 0.4) is 0 Å². The summed E-state index contributed by atoms with van der Waals surface area (Å²) in [7, 11) is -1.11. The lowest BCUT2D eigenvalue weighted by molar-refractivity contribution is 0.00578. The number of halogens is 2. The van der Waals surface area contributed by atoms with Crippen LogP contribution in [0.5, 0.6) is 0 Å². The molecule has 0 atom stereocenters. The summed E-state index contributed by atoms with van der Waals surface area (Å²) in [5.41, 5.74) is -0.922. The lowest BCUT2D eigenvalue weighted by atomic mass is 9.82. The lowest BCUT2D eigenvalue weighted by Gasteiger charge is -2.32. The third-order valence-electron chi connectivity index (χ3n) is 4.62. The van der Waals surface area contributed by atoms with E-state index >= 15 is 4.39 Å². The highest BCUT2D eigenvalue weighted by Gasteiger charge is 2.53. The fourth-order valence-electron chi connectivity index (χ4n) is 2.45. The van der Waals surface area contributed by atoms with Crippen molar-refractivity contribution in [1.82, 2.24) is 0 Å². The molecule has 6 heteroatoms. The van der Waals surface area contributed by atoms with Crippen LogP contribution in [0.25, 0.3) is 5.57 Å². The first-order chi connectivity index (χ1) is 11.7. The molecule has 0 amide bonds. The summed E-state index contributed by atoms with van der Waals surface area (Å²) < 4.78 is 45.2. The molecular formula is C19H23BF2O3. The Morgan fingerprint density at radius 3 is 2.24 bits per heavy atom. The second-order valence-corrected chi connectivity index (χ2v) is 6.93. The smallest absolute Gasteiger partial charge is 0.398 e. The normalized spacial score (nSPS) is 19.5. The molecule has 0 aromatic heterocycles. The zero-order valence-electron chi connectivity index (χ0n) is 15.1. The summed E-state index contributed by atoms with van der Waals surface area (Å²) >= 11 is 0. The van der Waals surface area contributed by atoms with Crippen LogP contribution < -0.4 is 0 Å². The van der Waals surface area contributed by atoms with Crippen LogP contribution in [0.4, 0.5) is 8.78 Å². The van der Waals surface area contributed by atoms with Gasteiger partial charge in [-0.25, -0.2) is 8.78 Å². The number of benzene rings is 1. The van der Waals surface area contributed by atoms with Crippen LogP contribution in [0, 0.1) is 18.2 Å². The molecule has 1 aromatic carbocycles. The van der Waals surface area contributed by atoms with Gasteiger partial charge in [-0.15, -0.1) is 6.42 Å². The van der Waals surface area contributed by atoms with Crippen molar-refractivity contribution in [3.63, 3.8) is 0 Å². The van der Waals surface area contributed by atoms with Gasteiger partial charge in [-0.1, -0.05) is 18.1 Å². The van der Waals surface area contributed by atoms with E-state index in [1.807, 2.05) is 27.7 Å². The van der Waals surface area contributed by atoms with Crippen LogP contribution in [-0.4, -0.2) is 31.5 Å². The number of ether oxygens (including phenoxy) is 1. The SMILES string of the molecule is C#CCOCCC(=C(F)B1OC(C)(C)C(C)(C)O1)c1ccc(F)cc1. The van der Waals surface area contributed by atoms with E-state index < -0.39 is 24.0 Å². The highest BCUT2D eigenvalue weighted by Crippen LogP contribution is 2.40. The molecule has 1 aliphatic rings. The molecular weight excluding hydrogens is 325 g/mol. The zero-order chi connectivity index (χ0) is 18.7. The Bertz CT molecular complexity index is 659. The van der Waals surface area contributed by atoms with Gasteiger partial charge in [0.25, 0.3) is 0 Å². The van der Waals surface area contributed by atoms with Crippen LogP contribution in [-0.2, 0) is 14.0 Å². The predicted octanol–water partition coefficient (Wildman–Crippen LogP) is 4.18. The van der Waals surface area contributed by atoms with Gasteiger partial charge in [0.05, 0.1) is 17.8 Å². The molecule has 0 radical (unpaired) electrons. The van der Waals surface area contributed by atoms with Gasteiger partial charge in [0, 0.05) is 0 Å². The fraction of sp³-hybridized carbons (Fsp3) is 0.474. The Balaban J connectivity index is 2.31. The molecule has 0 unspecified atom stereocenters. The van der Waals surface area contributed by atoms with Gasteiger partial charge in [-0.3, -0.25) is 0 Å². The monoisotopic (exact) mass is 348 g/mol. The molecule has 1 aromatic rings. The van der Waals surface area contributed by atoms with E-state index in [9.17, 15) is 4.39 Å². The van der Waals surface area contributed by atoms with Crippen LogP contribution in [0.2, 0.25) is 0 Å². The van der Waals surface area contributed by atoms with Gasteiger partial charge in [0.2, 0.25) is 0 Å². The second-order valence-electron chi connectivity index (χ2n) is 6.93. The summed E-state index contributed by atoms with van der Waals surface area (Å²) in [4.78, 5) is 0. The Kier molecular flexibility index (Phi) is 6.05. The van der Waals surface area contributed by atoms with Gasteiger partial charge in [0.1, 0.15) is 18.2 Å². The minimum Gasteiger partial charge on any atom is -0.398 e. The van der Waals surface area contributed by atoms with E-state index in [0.717, 1.165) is 0 Å². The molecule has 1 saturated heterocycles. The Labute approximate surface area is 148 Å². The van der Waals surface area contributed by atoms with E-state index in [0.29, 0.717) is 11.1 Å². The summed E-state index contributed by atoms with van der Waals surface area (Å²) in [5, 5.41) is 0. The highest BCUT2D eigenvalue weighted by molar-refractivity contribution is 6.55. The van der Waals surface area contributed by atoms with Crippen molar-refractivity contribution < 1.29 is 22.8 Å². The second kappa shape index (κ2) is 7.69. The fourth-order valence-corrected chi connectivity index (χ4v) is 2.45. The molecule has 0 N–H and O–H groups in total. The molecule has 25 heavy (non-hydrogen) atoms. The molecule has 1 fully saturated rings. The first kappa shape index (κ1) is 19.6. The molecule has 0 bridgehead atoms. The third-order valence-corrected chi connectivity index (χ3v) is 4.62. The van der Waals surface area contributed by atoms with Crippen LogP contribution >= 0.6 is 0 Å². The van der Waals surface area contributed by atoms with Crippen molar-refractivity contribution in [1.29, 1.82) is 0 Å². The molecule has 0 aliphatic carbocycles. The van der Waals surface area contributed by atoms with Gasteiger partial charge >= 0.3 is 7.12 Å². The molecule has 134 valence electrons. The predicted molar refractivity (Wildman–Crippen MR) is 94.8 cm³/mol. The standard InChI is InChI=1S/C19H23BF2O3/c1-6-12-23-13-11-16(14-7-9-15(21)10-8-14)17(22)20-24-18(2,3)19(4,5)25-20/h1,7-10H,11-13H2,2-5H3. The van der Waals surface area contributed by atoms with Crippen molar-refractivity contribution in [2.45, 2.75) is 45.3 Å². The van der Waals surface area contributed by atoms with Crippen molar-refractivity contribution in [3.05, 3.63) is 41.4 Å². The maximum Gasteiger partial charge on any atom is 0.525 e. The largest absolute Gasteiger partial charge is 0.525 e. The topological polar surface area (TPSA) is 27.7 Å². The Morgan fingerprint density at radius 1 is 1.16 bits per heavy atom. The number of hydrogen-bond donors (Lipinski definition) is 0. The average molecular weight is 348 g/mol. The van der Waals surface area contributed by atoms with Crippen molar-refractivity contribution in [2.75, 3.05) is 13.2 Å². The maximum absolute atomic E-state index is 15.2. The van der Waals surface area contributed by atoms with Gasteiger partial charge in [-0.2, -0.15) is 0 Å². The van der Waals surface area contributed by atoms with E-state index in [1.54, 1.807) is 0 Å². The van der Waals surface area contributed by atoms with Crippen molar-refractivity contribution >= 4 is 12.7 Å². The first-order valence-corrected chi connectivity index (χ1v) is 8.19. The molecule has 0 saturated carbocycles. The minimum absolute atomic E-state index is 0.148. The van der Waals surface area contributed by atoms with Crippen molar-refractivity contribution in [2.24, 2.45) is 0 Å². The van der Waals surface area contributed by atoms with Crippen LogP contribution in [0.1, 0.15) is 39.7 Å². The summed E-state index contributed by atoms with van der Waals surface area (Å²) in [6.45, 7) is 7.81. The summed E-state index contributed by atoms with van der Waals surface area (Å²) in [6.07, 6.45) is 5.42. The zero-order valence-corrected chi connectivity index (χ0v) is 15.1.